The van der Waals surface area contributed by atoms with Crippen molar-refractivity contribution in [2.45, 2.75) is 192 Å². The van der Waals surface area contributed by atoms with Gasteiger partial charge < -0.3 is 52.7 Å². The van der Waals surface area contributed by atoms with Crippen LogP contribution < -0.4 is 5.32 Å². The third-order valence-electron chi connectivity index (χ3n) is 12.1. The summed E-state index contributed by atoms with van der Waals surface area (Å²) in [6, 6.07) is 23.0. The Hall–Kier alpha value is -6.79. The molecule has 78 heavy (non-hydrogen) atoms. The number of rotatable bonds is 29. The van der Waals surface area contributed by atoms with Crippen LogP contribution in [-0.2, 0) is 57.0 Å². The van der Waals surface area contributed by atoms with Crippen molar-refractivity contribution >= 4 is 42.1 Å². The number of hydrogen-bond donors (Lipinski definition) is 1. The Morgan fingerprint density at radius 3 is 1.69 bits per heavy atom. The fourth-order valence-corrected chi connectivity index (χ4v) is 8.20. The lowest BCUT2D eigenvalue weighted by Gasteiger charge is -2.49. The van der Waals surface area contributed by atoms with Crippen LogP contribution in [0.5, 0.6) is 0 Å². The SMILES string of the molecule is CCCCCCC=C[C@@H](OC(=O)c1ccccc1)[C@H](CO[C@@]1(C)O[C@H](COC(=O)OC(C)(C)C)[C@H](OC(=O)OC(C)(C)C)[C@H](OC(=O)c2ccccc2)[C@H]1OC(=O)c1ccccc1)NC(=O)CCCCCCCCC(=O)OC. The lowest BCUT2D eigenvalue weighted by Crippen LogP contribution is -2.68. The number of ether oxygens (including phenoxy) is 10. The molecule has 1 saturated heterocycles. The summed E-state index contributed by atoms with van der Waals surface area (Å²) in [4.78, 5) is 95.1. The molecular weight excluding hydrogens is 1010 g/mol. The standard InChI is InChI=1S/C60H81NO17/c1-10-11-12-13-16-28-37-46(72-53(64)42-31-22-19-23-32-42)45(61-48(62)38-29-17-14-15-18-30-39-49(63)69-9)40-71-60(8)52(75-55(66)44-35-26-21-27-36-44)51(73-54(65)43-33-24-20-25-34-43)50(74-57(68)78-59(5,6)7)47(76-60)41-70-56(67)77-58(2,3)4/h19-28,31-37,45-47,50-52H,10-18,29-30,38-41H2,1-9H3,(H,61,62)/t45-,46+,47+,50-,51-,52+,60-/m0/s1. The second-order valence-corrected chi connectivity index (χ2v) is 21.1. The quantitative estimate of drug-likeness (QED) is 0.0295. The summed E-state index contributed by atoms with van der Waals surface area (Å²) in [6.07, 6.45) is 2.52. The van der Waals surface area contributed by atoms with Gasteiger partial charge in [0.05, 0.1) is 36.4 Å². The highest BCUT2D eigenvalue weighted by molar-refractivity contribution is 5.91. The maximum Gasteiger partial charge on any atom is 0.509 e. The van der Waals surface area contributed by atoms with Crippen LogP contribution in [-0.4, -0.2) is 116 Å². The van der Waals surface area contributed by atoms with Gasteiger partial charge in [-0.2, -0.15) is 0 Å². The summed E-state index contributed by atoms with van der Waals surface area (Å²) in [5, 5.41) is 3.03. The van der Waals surface area contributed by atoms with Crippen LogP contribution in [0.3, 0.4) is 0 Å². The first-order valence-corrected chi connectivity index (χ1v) is 27.0. The lowest BCUT2D eigenvalue weighted by atomic mass is 9.92. The molecule has 7 atom stereocenters. The maximum absolute atomic E-state index is 14.3. The van der Waals surface area contributed by atoms with Crippen LogP contribution in [0.1, 0.15) is 170 Å². The summed E-state index contributed by atoms with van der Waals surface area (Å²) < 4.78 is 59.5. The molecule has 1 aliphatic heterocycles. The van der Waals surface area contributed by atoms with Crippen molar-refractivity contribution in [3.05, 3.63) is 120 Å². The van der Waals surface area contributed by atoms with Crippen molar-refractivity contribution in [1.82, 2.24) is 5.32 Å². The summed E-state index contributed by atoms with van der Waals surface area (Å²) >= 11 is 0. The molecular formula is C60H81NO17. The minimum Gasteiger partial charge on any atom is -0.469 e. The number of methoxy groups -OCH3 is 1. The molecule has 0 radical (unpaired) electrons. The van der Waals surface area contributed by atoms with E-state index in [4.69, 9.17) is 47.4 Å². The van der Waals surface area contributed by atoms with E-state index in [1.54, 1.807) is 114 Å². The molecule has 4 rings (SSSR count). The van der Waals surface area contributed by atoms with Gasteiger partial charge in [0.25, 0.3) is 0 Å². The maximum atomic E-state index is 14.3. The molecule has 18 nitrogen and oxygen atoms in total. The number of unbranched alkanes of at least 4 members (excludes halogenated alkanes) is 9. The Bertz CT molecular complexity index is 2360. The number of hydrogen-bond acceptors (Lipinski definition) is 17. The first-order valence-electron chi connectivity index (χ1n) is 27.0. The van der Waals surface area contributed by atoms with Crippen LogP contribution in [0.4, 0.5) is 9.59 Å². The summed E-state index contributed by atoms with van der Waals surface area (Å²) in [5.41, 5.74) is -1.67. The van der Waals surface area contributed by atoms with E-state index in [1.807, 2.05) is 6.08 Å². The smallest absolute Gasteiger partial charge is 0.469 e. The molecule has 1 aliphatic rings. The van der Waals surface area contributed by atoms with E-state index in [1.165, 1.54) is 38.3 Å². The topological polar surface area (TPSA) is 224 Å². The van der Waals surface area contributed by atoms with Gasteiger partial charge in [0.2, 0.25) is 11.7 Å². The molecule has 3 aromatic rings. The molecule has 0 bridgehead atoms. The average molecular weight is 1090 g/mol. The van der Waals surface area contributed by atoms with Crippen molar-refractivity contribution in [2.75, 3.05) is 20.3 Å². The van der Waals surface area contributed by atoms with Crippen LogP contribution in [0.25, 0.3) is 0 Å². The summed E-state index contributed by atoms with van der Waals surface area (Å²) in [6.45, 7) is 12.0. The van der Waals surface area contributed by atoms with Crippen molar-refractivity contribution in [3.63, 3.8) is 0 Å². The van der Waals surface area contributed by atoms with Gasteiger partial charge >= 0.3 is 36.2 Å². The van der Waals surface area contributed by atoms with E-state index in [2.05, 4.69) is 12.2 Å². The van der Waals surface area contributed by atoms with Gasteiger partial charge in [-0.1, -0.05) is 113 Å². The molecule has 1 amide bonds. The molecule has 0 unspecified atom stereocenters. The fourth-order valence-electron chi connectivity index (χ4n) is 8.20. The Morgan fingerprint density at radius 2 is 1.14 bits per heavy atom. The van der Waals surface area contributed by atoms with Gasteiger partial charge in [0, 0.05) is 12.8 Å². The van der Waals surface area contributed by atoms with Crippen LogP contribution in [0.15, 0.2) is 103 Å². The first kappa shape index (κ1) is 63.7. The van der Waals surface area contributed by atoms with Crippen LogP contribution in [0.2, 0.25) is 0 Å². The third kappa shape index (κ3) is 23.0. The first-order chi connectivity index (χ1) is 37.1. The van der Waals surface area contributed by atoms with E-state index in [0.717, 1.165) is 51.4 Å². The molecule has 0 spiro atoms. The van der Waals surface area contributed by atoms with E-state index >= 15 is 0 Å². The van der Waals surface area contributed by atoms with E-state index < -0.39 is 103 Å². The van der Waals surface area contributed by atoms with Crippen molar-refractivity contribution in [3.8, 4) is 0 Å². The largest absolute Gasteiger partial charge is 0.509 e. The fraction of sp³-hybridized carbons (Fsp3) is 0.550. The van der Waals surface area contributed by atoms with Crippen molar-refractivity contribution in [1.29, 1.82) is 0 Å². The zero-order chi connectivity index (χ0) is 57.1. The number of amides is 1. The minimum absolute atomic E-state index is 0.0724. The Labute approximate surface area is 459 Å². The van der Waals surface area contributed by atoms with Gasteiger partial charge in [0.1, 0.15) is 30.0 Å². The molecule has 1 heterocycles. The van der Waals surface area contributed by atoms with Gasteiger partial charge in [-0.05, 0) is 117 Å². The zero-order valence-corrected chi connectivity index (χ0v) is 46.8. The lowest BCUT2D eigenvalue weighted by molar-refractivity contribution is -0.356. The van der Waals surface area contributed by atoms with Gasteiger partial charge in [0.15, 0.2) is 18.3 Å². The number of esters is 4. The molecule has 0 aliphatic carbocycles. The van der Waals surface area contributed by atoms with Gasteiger partial charge in [-0.3, -0.25) is 9.59 Å². The monoisotopic (exact) mass is 1090 g/mol. The van der Waals surface area contributed by atoms with E-state index in [-0.39, 0.29) is 29.1 Å². The third-order valence-corrected chi connectivity index (χ3v) is 12.1. The second-order valence-electron chi connectivity index (χ2n) is 21.1. The Kier molecular flexibility index (Phi) is 26.3. The minimum atomic E-state index is -2.24. The molecule has 0 aromatic heterocycles. The Morgan fingerprint density at radius 1 is 0.628 bits per heavy atom. The predicted octanol–water partition coefficient (Wildman–Crippen LogP) is 11.4. The average Bonchev–Trinajstić information content (AvgIpc) is 3.48. The number of carbonyl (C=O) groups is 7. The zero-order valence-electron chi connectivity index (χ0n) is 46.8. The molecule has 1 fully saturated rings. The molecule has 428 valence electrons. The van der Waals surface area contributed by atoms with E-state index in [9.17, 15) is 33.6 Å². The number of allylic oxidation sites excluding steroid dienone is 1. The molecule has 0 saturated carbocycles. The normalized spacial score (nSPS) is 19.1. The van der Waals surface area contributed by atoms with Crippen molar-refractivity contribution < 1.29 is 80.9 Å². The second kappa shape index (κ2) is 32.2. The van der Waals surface area contributed by atoms with Gasteiger partial charge in [-0.25, -0.2) is 24.0 Å². The van der Waals surface area contributed by atoms with Crippen LogP contribution >= 0.6 is 0 Å². The summed E-state index contributed by atoms with van der Waals surface area (Å²) in [5.74, 6) is -5.43. The Balaban J connectivity index is 1.84. The highest BCUT2D eigenvalue weighted by Crippen LogP contribution is 2.38. The summed E-state index contributed by atoms with van der Waals surface area (Å²) in [7, 11) is 1.36. The molecule has 3 aromatic carbocycles. The van der Waals surface area contributed by atoms with Crippen molar-refractivity contribution in [2.24, 2.45) is 0 Å². The van der Waals surface area contributed by atoms with E-state index in [0.29, 0.717) is 25.7 Å². The highest BCUT2D eigenvalue weighted by Gasteiger charge is 2.60. The molecule has 1 N–H and O–H groups in total. The number of nitrogens with one attached hydrogen (secondary N) is 1. The molecule has 18 heteroatoms. The number of benzene rings is 3. The van der Waals surface area contributed by atoms with Gasteiger partial charge in [-0.15, -0.1) is 0 Å². The highest BCUT2D eigenvalue weighted by atomic mass is 16.8. The predicted molar refractivity (Wildman–Crippen MR) is 288 cm³/mol. The van der Waals surface area contributed by atoms with Crippen LogP contribution in [0, 0.1) is 0 Å². The number of carbonyl (C=O) groups excluding carboxylic acids is 7.